The van der Waals surface area contributed by atoms with Gasteiger partial charge in [0.05, 0.1) is 4.90 Å². The average Bonchev–Trinajstić information content (AvgIpc) is 3.16. The van der Waals surface area contributed by atoms with Crippen LogP contribution in [0.5, 0.6) is 0 Å². The van der Waals surface area contributed by atoms with Crippen LogP contribution in [0.3, 0.4) is 0 Å². The van der Waals surface area contributed by atoms with Crippen molar-refractivity contribution in [3.05, 3.63) is 84.0 Å². The third-order valence-corrected chi connectivity index (χ3v) is 6.08. The Morgan fingerprint density at radius 1 is 1.03 bits per heavy atom. The van der Waals surface area contributed by atoms with Gasteiger partial charge in [-0.05, 0) is 56.3 Å². The van der Waals surface area contributed by atoms with Crippen LogP contribution >= 0.6 is 0 Å². The van der Waals surface area contributed by atoms with Crippen LogP contribution in [0.15, 0.2) is 83.2 Å². The van der Waals surface area contributed by atoms with Crippen LogP contribution in [0.25, 0.3) is 0 Å². The predicted molar refractivity (Wildman–Crippen MR) is 120 cm³/mol. The predicted octanol–water partition coefficient (Wildman–Crippen LogP) is 3.25. The summed E-state index contributed by atoms with van der Waals surface area (Å²) in [4.78, 5) is 22.7. The van der Waals surface area contributed by atoms with Crippen molar-refractivity contribution in [1.29, 1.82) is 0 Å². The van der Waals surface area contributed by atoms with E-state index in [2.05, 4.69) is 20.0 Å². The Kier molecular flexibility index (Phi) is 5.78. The smallest absolute Gasteiger partial charge is 0.275 e. The van der Waals surface area contributed by atoms with Gasteiger partial charge in [-0.15, -0.1) is 0 Å². The number of nitrogens with one attached hydrogen (secondary N) is 2. The fraction of sp³-hybridized carbons (Fsp3) is 0.136. The summed E-state index contributed by atoms with van der Waals surface area (Å²) in [6, 6.07) is 16.9. The van der Waals surface area contributed by atoms with Gasteiger partial charge >= 0.3 is 0 Å². The molecule has 0 unspecified atom stereocenters. The first-order valence-corrected chi connectivity index (χ1v) is 11.2. The fourth-order valence-corrected chi connectivity index (χ4v) is 4.11. The number of nitrogens with zero attached hydrogens (tertiary/aromatic N) is 3. The minimum Gasteiger partial charge on any atom is -0.475 e. The normalized spacial score (nSPS) is 13.6. The Morgan fingerprint density at radius 3 is 2.44 bits per heavy atom. The number of amides is 1. The van der Waals surface area contributed by atoms with Crippen molar-refractivity contribution in [1.82, 2.24) is 9.97 Å². The molecule has 2 N–H and O–H groups in total. The van der Waals surface area contributed by atoms with Gasteiger partial charge in [0.1, 0.15) is 11.5 Å². The maximum atomic E-state index is 12.9. The van der Waals surface area contributed by atoms with Gasteiger partial charge in [0.15, 0.2) is 6.73 Å². The second kappa shape index (κ2) is 8.67. The van der Waals surface area contributed by atoms with Crippen LogP contribution in [-0.2, 0) is 19.6 Å². The summed E-state index contributed by atoms with van der Waals surface area (Å²) in [5.74, 6) is 0.144. The number of ether oxygens (including phenoxy) is 1. The summed E-state index contributed by atoms with van der Waals surface area (Å²) in [6.07, 6.45) is 1.47. The quantitative estimate of drug-likeness (QED) is 0.591. The van der Waals surface area contributed by atoms with Crippen LogP contribution in [-0.4, -0.2) is 31.0 Å². The third kappa shape index (κ3) is 4.54. The van der Waals surface area contributed by atoms with Crippen molar-refractivity contribution in [2.45, 2.75) is 18.7 Å². The van der Waals surface area contributed by atoms with Crippen molar-refractivity contribution in [3.63, 3.8) is 0 Å². The second-order valence-corrected chi connectivity index (χ2v) is 8.73. The molecule has 1 amide bonds. The Bertz CT molecular complexity index is 1280. The molecule has 0 atom stereocenters. The molecule has 2 aromatic carbocycles. The molecule has 9 nitrogen and oxygen atoms in total. The lowest BCUT2D eigenvalue weighted by Crippen LogP contribution is -2.28. The number of allylic oxidation sites excluding steroid dienone is 1. The molecule has 1 aliphatic heterocycles. The number of benzene rings is 2. The first-order chi connectivity index (χ1) is 15.3. The molecular formula is C22H21N5O4S. The Labute approximate surface area is 185 Å². The van der Waals surface area contributed by atoms with Gasteiger partial charge in [0.25, 0.3) is 15.9 Å². The maximum Gasteiger partial charge on any atom is 0.275 e. The van der Waals surface area contributed by atoms with E-state index in [1.165, 1.54) is 30.5 Å². The molecule has 0 spiro atoms. The highest BCUT2D eigenvalue weighted by molar-refractivity contribution is 7.92. The van der Waals surface area contributed by atoms with Gasteiger partial charge in [-0.1, -0.05) is 18.2 Å². The zero-order valence-corrected chi connectivity index (χ0v) is 18.3. The maximum absolute atomic E-state index is 12.9. The van der Waals surface area contributed by atoms with Crippen LogP contribution in [0.4, 0.5) is 17.3 Å². The van der Waals surface area contributed by atoms with Crippen molar-refractivity contribution in [2.24, 2.45) is 0 Å². The lowest BCUT2D eigenvalue weighted by molar-refractivity contribution is -0.112. The number of carbonyl (C=O) groups excluding carboxylic acids is 1. The molecule has 0 bridgehead atoms. The number of anilines is 3. The van der Waals surface area contributed by atoms with Crippen LogP contribution in [0, 0.1) is 6.92 Å². The van der Waals surface area contributed by atoms with E-state index in [1.54, 1.807) is 24.8 Å². The highest BCUT2D eigenvalue weighted by Gasteiger charge is 2.28. The molecule has 2 heterocycles. The Morgan fingerprint density at radius 2 is 1.75 bits per heavy atom. The highest BCUT2D eigenvalue weighted by Crippen LogP contribution is 2.28. The standard InChI is InChI=1S/C22H21N5O4S/c1-15-12-13-23-22(24-15)26-32(29,30)19-10-8-17(9-11-19)25-21(28)20-16(2)31-14-27(20)18-6-4-3-5-7-18/h3-13H,14H2,1-2H3,(H,25,28)(H,23,24,26). The van der Waals surface area contributed by atoms with E-state index in [9.17, 15) is 13.2 Å². The molecule has 0 aliphatic carbocycles. The average molecular weight is 452 g/mol. The minimum absolute atomic E-state index is 0.00738. The SMILES string of the molecule is CC1=C(C(=O)Nc2ccc(S(=O)(=O)Nc3nccc(C)n3)cc2)N(c2ccccc2)CO1. The zero-order chi connectivity index (χ0) is 22.7. The number of para-hydroxylation sites is 1. The van der Waals surface area contributed by atoms with E-state index in [1.807, 2.05) is 30.3 Å². The van der Waals surface area contributed by atoms with Crippen molar-refractivity contribution < 1.29 is 17.9 Å². The Hall–Kier alpha value is -3.92. The summed E-state index contributed by atoms with van der Waals surface area (Å²) < 4.78 is 33.1. The number of carbonyl (C=O) groups is 1. The molecular weight excluding hydrogens is 430 g/mol. The molecule has 164 valence electrons. The number of aryl methyl sites for hydroxylation is 1. The highest BCUT2D eigenvalue weighted by atomic mass is 32.2. The lowest BCUT2D eigenvalue weighted by atomic mass is 10.2. The van der Waals surface area contributed by atoms with Crippen molar-refractivity contribution in [3.8, 4) is 0 Å². The monoisotopic (exact) mass is 451 g/mol. The molecule has 10 heteroatoms. The molecule has 0 saturated carbocycles. The molecule has 0 fully saturated rings. The summed E-state index contributed by atoms with van der Waals surface area (Å²) in [5.41, 5.74) is 2.31. The van der Waals surface area contributed by atoms with Gasteiger partial charge in [0, 0.05) is 23.3 Å². The second-order valence-electron chi connectivity index (χ2n) is 7.05. The first kappa shape index (κ1) is 21.3. The lowest BCUT2D eigenvalue weighted by Gasteiger charge is -2.19. The van der Waals surface area contributed by atoms with Gasteiger partial charge < -0.3 is 15.0 Å². The molecule has 32 heavy (non-hydrogen) atoms. The van der Waals surface area contributed by atoms with Crippen LogP contribution in [0.1, 0.15) is 12.6 Å². The summed E-state index contributed by atoms with van der Waals surface area (Å²) in [6.45, 7) is 3.71. The van der Waals surface area contributed by atoms with E-state index >= 15 is 0 Å². The van der Waals surface area contributed by atoms with Crippen LogP contribution < -0.4 is 14.9 Å². The van der Waals surface area contributed by atoms with E-state index in [0.717, 1.165) is 5.69 Å². The van der Waals surface area contributed by atoms with Gasteiger partial charge in [-0.2, -0.15) is 0 Å². The number of hydrogen-bond acceptors (Lipinski definition) is 7. The topological polar surface area (TPSA) is 114 Å². The summed E-state index contributed by atoms with van der Waals surface area (Å²) in [5, 5.41) is 2.79. The van der Waals surface area contributed by atoms with Gasteiger partial charge in [0.2, 0.25) is 5.95 Å². The first-order valence-electron chi connectivity index (χ1n) is 9.74. The van der Waals surface area contributed by atoms with Crippen molar-refractivity contribution >= 4 is 33.3 Å². The molecule has 0 saturated heterocycles. The van der Waals surface area contributed by atoms with Crippen molar-refractivity contribution in [2.75, 3.05) is 21.7 Å². The number of aromatic nitrogens is 2. The Balaban J connectivity index is 1.48. The van der Waals surface area contributed by atoms with Crippen LogP contribution in [0.2, 0.25) is 0 Å². The minimum atomic E-state index is -3.87. The van der Waals surface area contributed by atoms with E-state index in [0.29, 0.717) is 22.8 Å². The number of rotatable bonds is 6. The van der Waals surface area contributed by atoms with E-state index in [-0.39, 0.29) is 23.5 Å². The molecule has 4 rings (SSSR count). The van der Waals surface area contributed by atoms with E-state index in [4.69, 9.17) is 4.74 Å². The zero-order valence-electron chi connectivity index (χ0n) is 17.4. The summed E-state index contributed by atoms with van der Waals surface area (Å²) in [7, 11) is -3.87. The molecule has 1 aliphatic rings. The third-order valence-electron chi connectivity index (χ3n) is 4.74. The van der Waals surface area contributed by atoms with Gasteiger partial charge in [-0.3, -0.25) is 4.79 Å². The summed E-state index contributed by atoms with van der Waals surface area (Å²) >= 11 is 0. The van der Waals surface area contributed by atoms with E-state index < -0.39 is 10.0 Å². The molecule has 0 radical (unpaired) electrons. The molecule has 1 aromatic heterocycles. The number of hydrogen-bond donors (Lipinski definition) is 2. The molecule has 3 aromatic rings. The fourth-order valence-electron chi connectivity index (χ4n) is 3.16. The number of sulfonamides is 1. The van der Waals surface area contributed by atoms with Gasteiger partial charge in [-0.25, -0.2) is 23.1 Å². The largest absolute Gasteiger partial charge is 0.475 e.